The number of nitrogens with one attached hydrogen (secondary N) is 2. The summed E-state index contributed by atoms with van der Waals surface area (Å²) >= 11 is 5.72. The summed E-state index contributed by atoms with van der Waals surface area (Å²) in [5.41, 5.74) is 0.807. The zero-order chi connectivity index (χ0) is 11.4. The lowest BCUT2D eigenvalue weighted by molar-refractivity contribution is -0.119. The zero-order valence-corrected chi connectivity index (χ0v) is 9.63. The summed E-state index contributed by atoms with van der Waals surface area (Å²) in [5, 5.41) is 6.29. The average Bonchev–Trinajstić information content (AvgIpc) is 3.07. The topological polar surface area (TPSA) is 54.0 Å². The lowest BCUT2D eigenvalue weighted by atomic mass is 10.4. The van der Waals surface area contributed by atoms with Crippen LogP contribution in [-0.4, -0.2) is 24.0 Å². The van der Waals surface area contributed by atoms with Crippen molar-refractivity contribution >= 4 is 23.2 Å². The molecule has 2 N–H and O–H groups in total. The van der Waals surface area contributed by atoms with Gasteiger partial charge in [-0.05, 0) is 30.9 Å². The number of hydrogen-bond donors (Lipinski definition) is 2. The molecule has 0 saturated heterocycles. The van der Waals surface area contributed by atoms with Crippen molar-refractivity contribution in [3.8, 4) is 0 Å². The van der Waals surface area contributed by atoms with Crippen molar-refractivity contribution < 1.29 is 4.79 Å². The van der Waals surface area contributed by atoms with Gasteiger partial charge in [0.1, 0.15) is 5.15 Å². The van der Waals surface area contributed by atoms with Crippen molar-refractivity contribution in [2.24, 2.45) is 5.92 Å². The summed E-state index contributed by atoms with van der Waals surface area (Å²) in [7, 11) is 0. The Hall–Kier alpha value is -1.29. The summed E-state index contributed by atoms with van der Waals surface area (Å²) in [4.78, 5) is 15.3. The molecule has 0 spiro atoms. The Kier molecular flexibility index (Phi) is 3.62. The van der Waals surface area contributed by atoms with Gasteiger partial charge in [-0.3, -0.25) is 4.79 Å². The quantitative estimate of drug-likeness (QED) is 0.769. The predicted molar refractivity (Wildman–Crippen MR) is 63.5 cm³/mol. The van der Waals surface area contributed by atoms with E-state index in [1.165, 1.54) is 12.8 Å². The molecule has 1 aliphatic carbocycles. The largest absolute Gasteiger partial charge is 0.376 e. The Balaban J connectivity index is 1.71. The maximum Gasteiger partial charge on any atom is 0.239 e. The first kappa shape index (κ1) is 11.2. The van der Waals surface area contributed by atoms with Crippen LogP contribution in [0.15, 0.2) is 18.3 Å². The second kappa shape index (κ2) is 5.16. The minimum Gasteiger partial charge on any atom is -0.376 e. The third-order valence-electron chi connectivity index (χ3n) is 2.46. The van der Waals surface area contributed by atoms with Gasteiger partial charge in [0.2, 0.25) is 5.91 Å². The molecule has 1 aliphatic rings. The van der Waals surface area contributed by atoms with Gasteiger partial charge in [0, 0.05) is 18.4 Å². The van der Waals surface area contributed by atoms with Crippen molar-refractivity contribution in [2.75, 3.05) is 18.4 Å². The van der Waals surface area contributed by atoms with Crippen LogP contribution >= 0.6 is 11.6 Å². The van der Waals surface area contributed by atoms with E-state index in [1.807, 2.05) is 0 Å². The van der Waals surface area contributed by atoms with Gasteiger partial charge in [-0.25, -0.2) is 4.98 Å². The van der Waals surface area contributed by atoms with Crippen LogP contribution < -0.4 is 10.6 Å². The molecular weight excluding hydrogens is 226 g/mol. The Labute approximate surface area is 99.4 Å². The van der Waals surface area contributed by atoms with Crippen molar-refractivity contribution in [3.05, 3.63) is 23.5 Å². The molecule has 0 radical (unpaired) electrons. The summed E-state index contributed by atoms with van der Waals surface area (Å²) in [5.74, 6) is 0.721. The minimum atomic E-state index is 0.0137. The molecule has 86 valence electrons. The number of carbonyl (C=O) groups excluding carboxylic acids is 1. The summed E-state index contributed by atoms with van der Waals surface area (Å²) in [6.07, 6.45) is 4.09. The van der Waals surface area contributed by atoms with Crippen molar-refractivity contribution in [3.63, 3.8) is 0 Å². The highest BCUT2D eigenvalue weighted by molar-refractivity contribution is 6.29. The number of carbonyl (C=O) groups is 1. The normalized spacial score (nSPS) is 14.6. The number of aromatic nitrogens is 1. The van der Waals surface area contributed by atoms with Gasteiger partial charge in [0.05, 0.1) is 6.54 Å². The molecule has 1 amide bonds. The van der Waals surface area contributed by atoms with Crippen LogP contribution in [-0.2, 0) is 4.79 Å². The molecule has 1 aromatic rings. The van der Waals surface area contributed by atoms with Gasteiger partial charge in [-0.1, -0.05) is 11.6 Å². The maximum absolute atomic E-state index is 11.4. The van der Waals surface area contributed by atoms with Crippen LogP contribution in [0.1, 0.15) is 12.8 Å². The zero-order valence-electron chi connectivity index (χ0n) is 8.87. The Bertz CT molecular complexity index is 379. The van der Waals surface area contributed by atoms with E-state index >= 15 is 0 Å². The van der Waals surface area contributed by atoms with E-state index in [4.69, 9.17) is 11.6 Å². The fourth-order valence-electron chi connectivity index (χ4n) is 1.34. The van der Waals surface area contributed by atoms with Gasteiger partial charge >= 0.3 is 0 Å². The van der Waals surface area contributed by atoms with E-state index in [-0.39, 0.29) is 12.5 Å². The van der Waals surface area contributed by atoms with Crippen molar-refractivity contribution in [1.29, 1.82) is 0 Å². The lowest BCUT2D eigenvalue weighted by Gasteiger charge is -2.07. The van der Waals surface area contributed by atoms with Crippen LogP contribution in [0.2, 0.25) is 5.15 Å². The van der Waals surface area contributed by atoms with Crippen LogP contribution in [0, 0.1) is 5.92 Å². The summed E-state index contributed by atoms with van der Waals surface area (Å²) < 4.78 is 0. The number of anilines is 1. The van der Waals surface area contributed by atoms with E-state index in [0.717, 1.165) is 12.2 Å². The van der Waals surface area contributed by atoms with Gasteiger partial charge in [-0.15, -0.1) is 0 Å². The highest BCUT2D eigenvalue weighted by atomic mass is 35.5. The molecule has 0 aliphatic heterocycles. The Morgan fingerprint density at radius 3 is 3.06 bits per heavy atom. The van der Waals surface area contributed by atoms with Gasteiger partial charge in [0.25, 0.3) is 0 Å². The average molecular weight is 240 g/mol. The molecule has 1 fully saturated rings. The van der Waals surface area contributed by atoms with E-state index in [1.54, 1.807) is 18.3 Å². The molecule has 16 heavy (non-hydrogen) atoms. The molecule has 1 heterocycles. The molecule has 2 rings (SSSR count). The number of rotatable bonds is 5. The van der Waals surface area contributed by atoms with Crippen LogP contribution in [0.25, 0.3) is 0 Å². The molecule has 0 bridgehead atoms. The first-order chi connectivity index (χ1) is 7.74. The van der Waals surface area contributed by atoms with Gasteiger partial charge in [0.15, 0.2) is 0 Å². The second-order valence-electron chi connectivity index (χ2n) is 3.97. The maximum atomic E-state index is 11.4. The van der Waals surface area contributed by atoms with E-state index < -0.39 is 0 Å². The summed E-state index contributed by atoms with van der Waals surface area (Å²) in [6, 6.07) is 3.47. The number of pyridine rings is 1. The van der Waals surface area contributed by atoms with Crippen LogP contribution in [0.4, 0.5) is 5.69 Å². The molecule has 4 nitrogen and oxygen atoms in total. The number of nitrogens with zero attached hydrogens (tertiary/aromatic N) is 1. The van der Waals surface area contributed by atoms with Gasteiger partial charge < -0.3 is 10.6 Å². The molecule has 0 unspecified atom stereocenters. The van der Waals surface area contributed by atoms with E-state index in [0.29, 0.717) is 11.1 Å². The number of hydrogen-bond acceptors (Lipinski definition) is 3. The Morgan fingerprint density at radius 2 is 2.38 bits per heavy atom. The SMILES string of the molecule is O=C(CNc1ccnc(Cl)c1)NCC1CC1. The fourth-order valence-corrected chi connectivity index (χ4v) is 1.51. The smallest absolute Gasteiger partial charge is 0.239 e. The third kappa shape index (κ3) is 3.70. The van der Waals surface area contributed by atoms with Gasteiger partial charge in [-0.2, -0.15) is 0 Å². The standard InChI is InChI=1S/C11H14ClN3O/c12-10-5-9(3-4-13-10)14-7-11(16)15-6-8-1-2-8/h3-5,8H,1-2,6-7H2,(H,13,14)(H,15,16). The van der Waals surface area contributed by atoms with Crippen molar-refractivity contribution in [2.45, 2.75) is 12.8 Å². The molecule has 0 aromatic carbocycles. The lowest BCUT2D eigenvalue weighted by Crippen LogP contribution is -2.31. The summed E-state index contributed by atoms with van der Waals surface area (Å²) in [6.45, 7) is 1.07. The van der Waals surface area contributed by atoms with Crippen LogP contribution in [0.5, 0.6) is 0 Å². The molecule has 0 atom stereocenters. The molecule has 1 saturated carbocycles. The van der Waals surface area contributed by atoms with E-state index in [2.05, 4.69) is 15.6 Å². The fraction of sp³-hybridized carbons (Fsp3) is 0.455. The highest BCUT2D eigenvalue weighted by Crippen LogP contribution is 2.27. The monoisotopic (exact) mass is 239 g/mol. The second-order valence-corrected chi connectivity index (χ2v) is 4.36. The molecule has 5 heteroatoms. The first-order valence-corrected chi connectivity index (χ1v) is 5.74. The van der Waals surface area contributed by atoms with Crippen molar-refractivity contribution in [1.82, 2.24) is 10.3 Å². The van der Waals surface area contributed by atoms with Crippen LogP contribution in [0.3, 0.4) is 0 Å². The number of halogens is 1. The molecule has 1 aromatic heterocycles. The highest BCUT2D eigenvalue weighted by Gasteiger charge is 2.21. The third-order valence-corrected chi connectivity index (χ3v) is 2.67. The van der Waals surface area contributed by atoms with E-state index in [9.17, 15) is 4.79 Å². The predicted octanol–water partition coefficient (Wildman–Crippen LogP) is 1.67. The number of amides is 1. The molecular formula is C11H14ClN3O. The Morgan fingerprint density at radius 1 is 1.56 bits per heavy atom. The first-order valence-electron chi connectivity index (χ1n) is 5.36. The minimum absolute atomic E-state index is 0.0137.